The molecule has 110 valence electrons. The Balaban J connectivity index is 2.26. The van der Waals surface area contributed by atoms with Crippen LogP contribution in [0.1, 0.15) is 19.3 Å². The first-order valence-electron chi connectivity index (χ1n) is 6.40. The minimum Gasteiger partial charge on any atom is -0.399 e. The lowest BCUT2D eigenvalue weighted by atomic mass is 10.1. The van der Waals surface area contributed by atoms with Crippen molar-refractivity contribution in [1.29, 1.82) is 0 Å². The summed E-state index contributed by atoms with van der Waals surface area (Å²) >= 11 is 16.8. The minimum absolute atomic E-state index is 0.547. The highest BCUT2D eigenvalue weighted by atomic mass is 35.6. The van der Waals surface area contributed by atoms with Gasteiger partial charge in [-0.25, -0.2) is 0 Å². The minimum atomic E-state index is -2.00. The molecule has 0 atom stereocenters. The summed E-state index contributed by atoms with van der Waals surface area (Å²) in [5.41, 5.74) is 7.80. The standard InChI is InChI=1S/C13H16Cl3N3O/c14-13(15,16)12(20)18-10-8-9(17)4-5-11(10)19-6-2-1-3-7-19/h4-5,8H,1-3,6-7,17H2,(H,18,20). The van der Waals surface area contributed by atoms with Crippen LogP contribution in [0.3, 0.4) is 0 Å². The van der Waals surface area contributed by atoms with Crippen LogP contribution >= 0.6 is 34.8 Å². The Labute approximate surface area is 133 Å². The fourth-order valence-electron chi connectivity index (χ4n) is 2.26. The second-order valence-corrected chi connectivity index (χ2v) is 7.06. The van der Waals surface area contributed by atoms with Crippen molar-refractivity contribution in [2.24, 2.45) is 0 Å². The third-order valence-electron chi connectivity index (χ3n) is 3.22. The zero-order valence-electron chi connectivity index (χ0n) is 10.8. The number of rotatable bonds is 2. The van der Waals surface area contributed by atoms with E-state index in [2.05, 4.69) is 10.2 Å². The molecule has 0 bridgehead atoms. The third-order valence-corrected chi connectivity index (χ3v) is 3.74. The number of hydrogen-bond acceptors (Lipinski definition) is 3. The lowest BCUT2D eigenvalue weighted by Gasteiger charge is -2.31. The third kappa shape index (κ3) is 3.84. The highest BCUT2D eigenvalue weighted by Gasteiger charge is 2.31. The average molecular weight is 337 g/mol. The SMILES string of the molecule is Nc1ccc(N2CCCCC2)c(NC(=O)C(Cl)(Cl)Cl)c1. The first-order valence-corrected chi connectivity index (χ1v) is 7.54. The monoisotopic (exact) mass is 335 g/mol. The average Bonchev–Trinajstić information content (AvgIpc) is 2.39. The first kappa shape index (κ1) is 15.5. The van der Waals surface area contributed by atoms with Gasteiger partial charge in [0.05, 0.1) is 11.4 Å². The summed E-state index contributed by atoms with van der Waals surface area (Å²) in [6.07, 6.45) is 3.48. The van der Waals surface area contributed by atoms with Gasteiger partial charge in [-0.3, -0.25) is 4.79 Å². The van der Waals surface area contributed by atoms with E-state index in [0.717, 1.165) is 31.6 Å². The lowest BCUT2D eigenvalue weighted by Crippen LogP contribution is -2.32. The fraction of sp³-hybridized carbons (Fsp3) is 0.462. The van der Waals surface area contributed by atoms with Gasteiger partial charge >= 0.3 is 0 Å². The first-order chi connectivity index (χ1) is 9.38. The van der Waals surface area contributed by atoms with Crippen molar-refractivity contribution in [2.75, 3.05) is 29.0 Å². The Kier molecular flexibility index (Phi) is 4.89. The van der Waals surface area contributed by atoms with E-state index in [0.29, 0.717) is 11.4 Å². The van der Waals surface area contributed by atoms with Crippen LogP contribution in [-0.2, 0) is 4.79 Å². The summed E-state index contributed by atoms with van der Waals surface area (Å²) in [5.74, 6) is -0.689. The summed E-state index contributed by atoms with van der Waals surface area (Å²) in [5, 5.41) is 2.63. The number of piperidine rings is 1. The molecular weight excluding hydrogens is 321 g/mol. The molecule has 1 aliphatic heterocycles. The topological polar surface area (TPSA) is 58.4 Å². The Morgan fingerprint density at radius 1 is 1.20 bits per heavy atom. The van der Waals surface area contributed by atoms with Crippen LogP contribution in [0.25, 0.3) is 0 Å². The Hall–Kier alpha value is -0.840. The number of hydrogen-bond donors (Lipinski definition) is 2. The molecule has 1 aromatic rings. The maximum atomic E-state index is 11.8. The summed E-state index contributed by atoms with van der Waals surface area (Å²) in [6.45, 7) is 1.89. The second kappa shape index (κ2) is 6.29. The molecule has 3 N–H and O–H groups in total. The van der Waals surface area contributed by atoms with Crippen molar-refractivity contribution in [3.05, 3.63) is 18.2 Å². The summed E-state index contributed by atoms with van der Waals surface area (Å²) in [6, 6.07) is 5.36. The van der Waals surface area contributed by atoms with E-state index in [9.17, 15) is 4.79 Å². The quantitative estimate of drug-likeness (QED) is 0.641. The molecule has 1 heterocycles. The molecule has 0 spiro atoms. The van der Waals surface area contributed by atoms with Gasteiger partial charge in [-0.2, -0.15) is 0 Å². The van der Waals surface area contributed by atoms with Gasteiger partial charge in [-0.05, 0) is 37.5 Å². The Bertz CT molecular complexity index is 496. The van der Waals surface area contributed by atoms with Crippen LogP contribution in [0, 0.1) is 0 Å². The lowest BCUT2D eigenvalue weighted by molar-refractivity contribution is -0.115. The smallest absolute Gasteiger partial charge is 0.276 e. The number of nitrogens with zero attached hydrogens (tertiary/aromatic N) is 1. The summed E-state index contributed by atoms with van der Waals surface area (Å²) in [7, 11) is 0. The van der Waals surface area contributed by atoms with Gasteiger partial charge in [0, 0.05) is 18.8 Å². The summed E-state index contributed by atoms with van der Waals surface area (Å²) < 4.78 is -2.00. The highest BCUT2D eigenvalue weighted by Crippen LogP contribution is 2.33. The number of carbonyl (C=O) groups is 1. The predicted octanol–water partition coefficient (Wildman–Crippen LogP) is 3.57. The van der Waals surface area contributed by atoms with Gasteiger partial charge in [0.2, 0.25) is 0 Å². The van der Waals surface area contributed by atoms with E-state index in [-0.39, 0.29) is 0 Å². The number of anilines is 3. The summed E-state index contributed by atoms with van der Waals surface area (Å²) in [4.78, 5) is 14.0. The fourth-order valence-corrected chi connectivity index (χ4v) is 2.40. The van der Waals surface area contributed by atoms with E-state index < -0.39 is 9.70 Å². The van der Waals surface area contributed by atoms with Crippen molar-refractivity contribution >= 4 is 57.8 Å². The molecular formula is C13H16Cl3N3O. The number of benzene rings is 1. The van der Waals surface area contributed by atoms with E-state index in [1.165, 1.54) is 6.42 Å². The van der Waals surface area contributed by atoms with E-state index in [1.54, 1.807) is 12.1 Å². The van der Waals surface area contributed by atoms with Crippen LogP contribution in [0.5, 0.6) is 0 Å². The molecule has 2 rings (SSSR count). The van der Waals surface area contributed by atoms with Gasteiger partial charge in [0.1, 0.15) is 0 Å². The molecule has 0 radical (unpaired) electrons. The molecule has 1 aromatic carbocycles. The van der Waals surface area contributed by atoms with E-state index in [1.807, 2.05) is 6.07 Å². The van der Waals surface area contributed by atoms with Crippen LogP contribution in [0.15, 0.2) is 18.2 Å². The van der Waals surface area contributed by atoms with Crippen molar-refractivity contribution in [3.8, 4) is 0 Å². The number of alkyl halides is 3. The van der Waals surface area contributed by atoms with Crippen LogP contribution < -0.4 is 16.0 Å². The molecule has 0 aliphatic carbocycles. The highest BCUT2D eigenvalue weighted by molar-refractivity contribution is 6.76. The molecule has 1 saturated heterocycles. The van der Waals surface area contributed by atoms with Gasteiger partial charge in [0.25, 0.3) is 9.70 Å². The van der Waals surface area contributed by atoms with Crippen molar-refractivity contribution < 1.29 is 4.79 Å². The second-order valence-electron chi connectivity index (χ2n) is 4.78. The number of carbonyl (C=O) groups excluding carboxylic acids is 1. The van der Waals surface area contributed by atoms with Crippen molar-refractivity contribution in [3.63, 3.8) is 0 Å². The number of nitrogens with two attached hydrogens (primary N) is 1. The molecule has 1 amide bonds. The molecule has 0 aromatic heterocycles. The van der Waals surface area contributed by atoms with Crippen molar-refractivity contribution in [2.45, 2.75) is 23.1 Å². The Morgan fingerprint density at radius 3 is 2.45 bits per heavy atom. The maximum absolute atomic E-state index is 11.8. The van der Waals surface area contributed by atoms with Crippen LogP contribution in [-0.4, -0.2) is 22.8 Å². The largest absolute Gasteiger partial charge is 0.399 e. The molecule has 4 nitrogen and oxygen atoms in total. The zero-order valence-corrected chi connectivity index (χ0v) is 13.1. The molecule has 20 heavy (non-hydrogen) atoms. The zero-order chi connectivity index (χ0) is 14.8. The molecule has 7 heteroatoms. The predicted molar refractivity (Wildman–Crippen MR) is 85.8 cm³/mol. The normalized spacial score (nSPS) is 16.1. The van der Waals surface area contributed by atoms with Gasteiger partial charge < -0.3 is 16.0 Å². The van der Waals surface area contributed by atoms with Gasteiger partial charge in [0.15, 0.2) is 0 Å². The molecule has 1 aliphatic rings. The Morgan fingerprint density at radius 2 is 1.85 bits per heavy atom. The molecule has 1 fully saturated rings. The van der Waals surface area contributed by atoms with Crippen molar-refractivity contribution in [1.82, 2.24) is 0 Å². The number of nitrogen functional groups attached to an aromatic ring is 1. The maximum Gasteiger partial charge on any atom is 0.276 e. The van der Waals surface area contributed by atoms with E-state index >= 15 is 0 Å². The van der Waals surface area contributed by atoms with Gasteiger partial charge in [-0.1, -0.05) is 34.8 Å². The number of halogens is 3. The van der Waals surface area contributed by atoms with Crippen LogP contribution in [0.4, 0.5) is 17.1 Å². The van der Waals surface area contributed by atoms with Crippen LogP contribution in [0.2, 0.25) is 0 Å². The van der Waals surface area contributed by atoms with E-state index in [4.69, 9.17) is 40.5 Å². The number of amides is 1. The number of nitrogens with one attached hydrogen (secondary N) is 1. The van der Waals surface area contributed by atoms with Gasteiger partial charge in [-0.15, -0.1) is 0 Å². The molecule has 0 unspecified atom stereocenters. The molecule has 0 saturated carbocycles.